The predicted octanol–water partition coefficient (Wildman–Crippen LogP) is 2.60. The number of aromatic nitrogens is 1. The first-order valence-corrected chi connectivity index (χ1v) is 8.07. The highest BCUT2D eigenvalue weighted by atomic mass is 16.5. The van der Waals surface area contributed by atoms with Crippen molar-refractivity contribution in [2.75, 3.05) is 19.8 Å². The molecule has 0 amide bonds. The zero-order chi connectivity index (χ0) is 16.2. The van der Waals surface area contributed by atoms with Crippen LogP contribution in [0.5, 0.6) is 0 Å². The molecule has 1 aromatic heterocycles. The lowest BCUT2D eigenvalue weighted by molar-refractivity contribution is 0.0521. The molecule has 23 heavy (non-hydrogen) atoms. The Bertz CT molecular complexity index is 759. The zero-order valence-corrected chi connectivity index (χ0v) is 13.3. The fraction of sp³-hybridized carbons (Fsp3) is 0.444. The first-order valence-electron chi connectivity index (χ1n) is 8.07. The molecule has 0 unspecified atom stereocenters. The predicted molar refractivity (Wildman–Crippen MR) is 87.7 cm³/mol. The minimum Gasteiger partial charge on any atom is -0.462 e. The highest BCUT2D eigenvalue weighted by Gasteiger charge is 2.19. The molecule has 1 saturated heterocycles. The van der Waals surface area contributed by atoms with Crippen molar-refractivity contribution in [1.82, 2.24) is 4.57 Å². The quantitative estimate of drug-likeness (QED) is 0.814. The molecule has 0 radical (unpaired) electrons. The van der Waals surface area contributed by atoms with Gasteiger partial charge in [-0.05, 0) is 37.8 Å². The molecular formula is C18H21NO4. The Morgan fingerprint density at radius 3 is 2.78 bits per heavy atom. The highest BCUT2D eigenvalue weighted by molar-refractivity contribution is 5.93. The van der Waals surface area contributed by atoms with Crippen molar-refractivity contribution < 1.29 is 14.3 Å². The van der Waals surface area contributed by atoms with Crippen molar-refractivity contribution in [3.8, 4) is 0 Å². The summed E-state index contributed by atoms with van der Waals surface area (Å²) in [5.41, 5.74) is 0.705. The van der Waals surface area contributed by atoms with Gasteiger partial charge in [0.25, 0.3) is 0 Å². The SMILES string of the molecule is CCOC(=O)c1cn(CC2CCOCC2)c2ccccc2c1=O. The van der Waals surface area contributed by atoms with Crippen molar-refractivity contribution in [2.24, 2.45) is 5.92 Å². The third-order valence-electron chi connectivity index (χ3n) is 4.28. The molecule has 0 N–H and O–H groups in total. The fourth-order valence-corrected chi connectivity index (χ4v) is 3.06. The number of rotatable bonds is 4. The molecule has 0 atom stereocenters. The number of carbonyl (C=O) groups excluding carboxylic acids is 1. The number of pyridine rings is 1. The Morgan fingerprint density at radius 2 is 2.04 bits per heavy atom. The van der Waals surface area contributed by atoms with Gasteiger partial charge in [-0.1, -0.05) is 12.1 Å². The summed E-state index contributed by atoms with van der Waals surface area (Å²) in [6.07, 6.45) is 3.64. The van der Waals surface area contributed by atoms with E-state index in [9.17, 15) is 9.59 Å². The van der Waals surface area contributed by atoms with E-state index in [0.29, 0.717) is 11.3 Å². The second-order valence-electron chi connectivity index (χ2n) is 5.82. The van der Waals surface area contributed by atoms with Crippen molar-refractivity contribution in [2.45, 2.75) is 26.3 Å². The van der Waals surface area contributed by atoms with Crippen LogP contribution in [0.1, 0.15) is 30.1 Å². The summed E-state index contributed by atoms with van der Waals surface area (Å²) in [6, 6.07) is 7.41. The summed E-state index contributed by atoms with van der Waals surface area (Å²) >= 11 is 0. The topological polar surface area (TPSA) is 57.5 Å². The van der Waals surface area contributed by atoms with E-state index in [1.165, 1.54) is 0 Å². The number of para-hydroxylation sites is 1. The Hall–Kier alpha value is -2.14. The smallest absolute Gasteiger partial charge is 0.343 e. The lowest BCUT2D eigenvalue weighted by Crippen LogP contribution is -2.24. The number of carbonyl (C=O) groups is 1. The summed E-state index contributed by atoms with van der Waals surface area (Å²) in [6.45, 7) is 4.31. The molecule has 2 heterocycles. The van der Waals surface area contributed by atoms with Crippen LogP contribution in [0.15, 0.2) is 35.3 Å². The van der Waals surface area contributed by atoms with E-state index in [1.807, 2.05) is 22.8 Å². The third-order valence-corrected chi connectivity index (χ3v) is 4.28. The molecule has 0 saturated carbocycles. The zero-order valence-electron chi connectivity index (χ0n) is 13.3. The van der Waals surface area contributed by atoms with Crippen LogP contribution < -0.4 is 5.43 Å². The maximum atomic E-state index is 12.6. The summed E-state index contributed by atoms with van der Waals surface area (Å²) in [4.78, 5) is 24.7. The van der Waals surface area contributed by atoms with Gasteiger partial charge in [0, 0.05) is 31.3 Å². The van der Waals surface area contributed by atoms with E-state index in [-0.39, 0.29) is 17.6 Å². The van der Waals surface area contributed by atoms with Gasteiger partial charge in [-0.25, -0.2) is 4.79 Å². The molecule has 0 bridgehead atoms. The molecule has 2 aromatic rings. The van der Waals surface area contributed by atoms with Crippen molar-refractivity contribution in [3.05, 3.63) is 46.2 Å². The Balaban J connectivity index is 2.05. The molecule has 1 aliphatic heterocycles. The Morgan fingerprint density at radius 1 is 1.30 bits per heavy atom. The van der Waals surface area contributed by atoms with Crippen molar-refractivity contribution in [1.29, 1.82) is 0 Å². The first-order chi connectivity index (χ1) is 11.2. The van der Waals surface area contributed by atoms with E-state index < -0.39 is 5.97 Å². The van der Waals surface area contributed by atoms with Crippen molar-refractivity contribution >= 4 is 16.9 Å². The van der Waals surface area contributed by atoms with E-state index >= 15 is 0 Å². The van der Waals surface area contributed by atoms with Crippen molar-refractivity contribution in [3.63, 3.8) is 0 Å². The van der Waals surface area contributed by atoms with Gasteiger partial charge < -0.3 is 14.0 Å². The van der Waals surface area contributed by atoms with Crippen LogP contribution in [0.2, 0.25) is 0 Å². The van der Waals surface area contributed by atoms with Gasteiger partial charge >= 0.3 is 5.97 Å². The first kappa shape index (κ1) is 15.7. The molecule has 122 valence electrons. The van der Waals surface area contributed by atoms with Gasteiger partial charge in [0.15, 0.2) is 0 Å². The van der Waals surface area contributed by atoms with E-state index in [0.717, 1.165) is 38.1 Å². The molecule has 3 rings (SSSR count). The maximum Gasteiger partial charge on any atom is 0.343 e. The minimum absolute atomic E-state index is 0.109. The van der Waals surface area contributed by atoms with Crippen LogP contribution in [0.3, 0.4) is 0 Å². The molecule has 5 nitrogen and oxygen atoms in total. The largest absolute Gasteiger partial charge is 0.462 e. The number of esters is 1. The molecule has 1 aliphatic rings. The van der Waals surface area contributed by atoms with Gasteiger partial charge in [-0.2, -0.15) is 0 Å². The second kappa shape index (κ2) is 6.96. The summed E-state index contributed by atoms with van der Waals surface area (Å²) in [5.74, 6) is -0.0614. The van der Waals surface area contributed by atoms with Gasteiger partial charge in [-0.15, -0.1) is 0 Å². The third kappa shape index (κ3) is 3.29. The van der Waals surface area contributed by atoms with Crippen LogP contribution in [0.4, 0.5) is 0 Å². The van der Waals surface area contributed by atoms with Crippen LogP contribution in [0, 0.1) is 5.92 Å². The summed E-state index contributed by atoms with van der Waals surface area (Å²) < 4.78 is 12.4. The van der Waals surface area contributed by atoms with Crippen LogP contribution >= 0.6 is 0 Å². The lowest BCUT2D eigenvalue weighted by atomic mass is 9.99. The fourth-order valence-electron chi connectivity index (χ4n) is 3.06. The standard InChI is InChI=1S/C18H21NO4/c1-2-23-18(21)15-12-19(11-13-7-9-22-10-8-13)16-6-4-3-5-14(16)17(15)20/h3-6,12-13H,2,7-11H2,1H3. The molecule has 1 fully saturated rings. The lowest BCUT2D eigenvalue weighted by Gasteiger charge is -2.24. The second-order valence-corrected chi connectivity index (χ2v) is 5.82. The molecule has 0 spiro atoms. The van der Waals surface area contributed by atoms with E-state index in [1.54, 1.807) is 19.2 Å². The molecular weight excluding hydrogens is 294 g/mol. The number of nitrogens with zero attached hydrogens (tertiary/aromatic N) is 1. The summed E-state index contributed by atoms with van der Waals surface area (Å²) in [5, 5.41) is 0.560. The number of hydrogen-bond donors (Lipinski definition) is 0. The number of ether oxygens (including phenoxy) is 2. The average molecular weight is 315 g/mol. The van der Waals surface area contributed by atoms with Gasteiger partial charge in [0.05, 0.1) is 12.1 Å². The Kier molecular flexibility index (Phi) is 4.76. The van der Waals surface area contributed by atoms with Gasteiger partial charge in [0.1, 0.15) is 5.56 Å². The average Bonchev–Trinajstić information content (AvgIpc) is 2.58. The number of hydrogen-bond acceptors (Lipinski definition) is 4. The van der Waals surface area contributed by atoms with Gasteiger partial charge in [0.2, 0.25) is 5.43 Å². The van der Waals surface area contributed by atoms with E-state index in [2.05, 4.69) is 0 Å². The van der Waals surface area contributed by atoms with Crippen LogP contribution in [-0.2, 0) is 16.0 Å². The number of benzene rings is 1. The maximum absolute atomic E-state index is 12.6. The van der Waals surface area contributed by atoms with Crippen LogP contribution in [-0.4, -0.2) is 30.4 Å². The molecule has 0 aliphatic carbocycles. The van der Waals surface area contributed by atoms with Crippen LogP contribution in [0.25, 0.3) is 10.9 Å². The molecule has 1 aromatic carbocycles. The monoisotopic (exact) mass is 315 g/mol. The number of fused-ring (bicyclic) bond motifs is 1. The summed E-state index contributed by atoms with van der Waals surface area (Å²) in [7, 11) is 0. The van der Waals surface area contributed by atoms with Gasteiger partial charge in [-0.3, -0.25) is 4.79 Å². The minimum atomic E-state index is -0.552. The molecule has 5 heteroatoms. The Labute approximate surface area is 134 Å². The van der Waals surface area contributed by atoms with E-state index in [4.69, 9.17) is 9.47 Å². The normalized spacial score (nSPS) is 15.7. The highest BCUT2D eigenvalue weighted by Crippen LogP contribution is 2.20.